The zero-order valence-corrected chi connectivity index (χ0v) is 19.9. The van der Waals surface area contributed by atoms with Gasteiger partial charge in [0.2, 0.25) is 0 Å². The summed E-state index contributed by atoms with van der Waals surface area (Å²) in [6.07, 6.45) is 2.50. The van der Waals surface area contributed by atoms with E-state index in [2.05, 4.69) is 20.6 Å². The molecule has 0 fully saturated rings. The van der Waals surface area contributed by atoms with Crippen molar-refractivity contribution in [2.45, 2.75) is 19.9 Å². The van der Waals surface area contributed by atoms with Crippen LogP contribution in [0, 0.1) is 0 Å². The number of aryl methyl sites for hydroxylation is 1. The highest BCUT2D eigenvalue weighted by Gasteiger charge is 2.17. The molecule has 2 amide bonds. The van der Waals surface area contributed by atoms with Crippen LogP contribution in [-0.4, -0.2) is 48.0 Å². The molecule has 0 aliphatic carbocycles. The predicted molar refractivity (Wildman–Crippen MR) is 131 cm³/mol. The summed E-state index contributed by atoms with van der Waals surface area (Å²) in [6, 6.07) is 12.0. The van der Waals surface area contributed by atoms with Crippen LogP contribution < -0.4 is 15.4 Å². The zero-order valence-electron chi connectivity index (χ0n) is 18.4. The summed E-state index contributed by atoms with van der Waals surface area (Å²) in [5.41, 5.74) is 2.76. The first-order valence-electron chi connectivity index (χ1n) is 10.3. The van der Waals surface area contributed by atoms with Crippen LogP contribution >= 0.6 is 23.2 Å². The minimum Gasteiger partial charge on any atom is -0.493 e. The average molecular weight is 476 g/mol. The molecule has 0 bridgehead atoms. The molecule has 0 saturated heterocycles. The first kappa shape index (κ1) is 23.9. The van der Waals surface area contributed by atoms with Crippen LogP contribution in [0.3, 0.4) is 0 Å². The van der Waals surface area contributed by atoms with Gasteiger partial charge in [0.05, 0.1) is 23.5 Å². The predicted octanol–water partition coefficient (Wildman–Crippen LogP) is 5.85. The van der Waals surface area contributed by atoms with E-state index in [-0.39, 0.29) is 6.03 Å². The Morgan fingerprint density at radius 1 is 1.09 bits per heavy atom. The van der Waals surface area contributed by atoms with Crippen LogP contribution in [0.5, 0.6) is 5.75 Å². The van der Waals surface area contributed by atoms with E-state index in [0.717, 1.165) is 24.2 Å². The van der Waals surface area contributed by atoms with Crippen LogP contribution in [0.25, 0.3) is 11.3 Å². The summed E-state index contributed by atoms with van der Waals surface area (Å²) in [5, 5.41) is 11.1. The molecule has 0 spiro atoms. The Bertz CT molecular complexity index is 1050. The maximum Gasteiger partial charge on any atom is 0.323 e. The highest BCUT2D eigenvalue weighted by atomic mass is 35.5. The number of urea groups is 1. The Kier molecular flexibility index (Phi) is 8.39. The Morgan fingerprint density at radius 2 is 1.78 bits per heavy atom. The Labute approximate surface area is 198 Å². The second kappa shape index (κ2) is 11.2. The first-order valence-corrected chi connectivity index (χ1v) is 11.1. The molecule has 3 rings (SSSR count). The normalized spacial score (nSPS) is 10.9. The van der Waals surface area contributed by atoms with E-state index in [9.17, 15) is 4.79 Å². The second-order valence-electron chi connectivity index (χ2n) is 7.46. The van der Waals surface area contributed by atoms with Gasteiger partial charge in [-0.15, -0.1) is 0 Å². The third-order valence-electron chi connectivity index (χ3n) is 4.70. The van der Waals surface area contributed by atoms with E-state index < -0.39 is 0 Å². The van der Waals surface area contributed by atoms with Crippen molar-refractivity contribution in [1.29, 1.82) is 0 Å². The molecule has 0 unspecified atom stereocenters. The first-order chi connectivity index (χ1) is 15.4. The number of carbonyl (C=O) groups is 1. The maximum atomic E-state index is 12.5. The number of carbonyl (C=O) groups excluding carboxylic acids is 1. The van der Waals surface area contributed by atoms with E-state index in [0.29, 0.717) is 40.3 Å². The molecule has 170 valence electrons. The van der Waals surface area contributed by atoms with E-state index in [4.69, 9.17) is 27.9 Å². The summed E-state index contributed by atoms with van der Waals surface area (Å²) >= 11 is 12.4. The number of benzene rings is 2. The number of aromatic nitrogens is 2. The summed E-state index contributed by atoms with van der Waals surface area (Å²) < 4.78 is 7.87. The standard InChI is InChI=1S/C23H27Cl2N5O2/c1-4-30-22(20(25)15-26-30)19-14-18(10-11-21(19)32-13-5-12-29(2)3)28-23(31)27-17-8-6-16(24)7-9-17/h6-11,14-15H,4-5,12-13H2,1-3H3,(H2,27,28,31). The summed E-state index contributed by atoms with van der Waals surface area (Å²) in [4.78, 5) is 14.6. The number of ether oxygens (including phenoxy) is 1. The molecule has 0 aliphatic heterocycles. The lowest BCUT2D eigenvalue weighted by molar-refractivity contribution is 0.262. The molecule has 1 heterocycles. The van der Waals surface area contributed by atoms with Gasteiger partial charge in [-0.2, -0.15) is 5.10 Å². The smallest absolute Gasteiger partial charge is 0.323 e. The number of rotatable bonds is 9. The van der Waals surface area contributed by atoms with Crippen molar-refractivity contribution >= 4 is 40.6 Å². The molecular weight excluding hydrogens is 449 g/mol. The van der Waals surface area contributed by atoms with Crippen molar-refractivity contribution in [1.82, 2.24) is 14.7 Å². The highest BCUT2D eigenvalue weighted by molar-refractivity contribution is 6.33. The van der Waals surface area contributed by atoms with Crippen molar-refractivity contribution in [3.63, 3.8) is 0 Å². The van der Waals surface area contributed by atoms with E-state index in [1.807, 2.05) is 37.8 Å². The largest absolute Gasteiger partial charge is 0.493 e. The fourth-order valence-electron chi connectivity index (χ4n) is 3.18. The van der Waals surface area contributed by atoms with Crippen LogP contribution in [0.15, 0.2) is 48.7 Å². The van der Waals surface area contributed by atoms with Gasteiger partial charge in [-0.1, -0.05) is 23.2 Å². The topological polar surface area (TPSA) is 71.4 Å². The number of hydrogen-bond acceptors (Lipinski definition) is 4. The molecular formula is C23H27Cl2N5O2. The molecule has 0 saturated carbocycles. The van der Waals surface area contributed by atoms with Crippen LogP contribution in [0.1, 0.15) is 13.3 Å². The Hall–Kier alpha value is -2.74. The van der Waals surface area contributed by atoms with Crippen LogP contribution in [-0.2, 0) is 6.54 Å². The van der Waals surface area contributed by atoms with E-state index in [1.165, 1.54) is 0 Å². The lowest BCUT2D eigenvalue weighted by Gasteiger charge is -2.16. The van der Waals surface area contributed by atoms with Crippen molar-refractivity contribution in [2.75, 3.05) is 37.9 Å². The number of hydrogen-bond donors (Lipinski definition) is 2. The number of halogens is 2. The number of nitrogens with zero attached hydrogens (tertiary/aromatic N) is 3. The SMILES string of the molecule is CCn1ncc(Cl)c1-c1cc(NC(=O)Nc2ccc(Cl)cc2)ccc1OCCCN(C)C. The van der Waals surface area contributed by atoms with Gasteiger partial charge >= 0.3 is 6.03 Å². The van der Waals surface area contributed by atoms with Gasteiger partial charge in [0.1, 0.15) is 5.75 Å². The number of nitrogens with one attached hydrogen (secondary N) is 2. The fraction of sp³-hybridized carbons (Fsp3) is 0.304. The Morgan fingerprint density at radius 3 is 2.47 bits per heavy atom. The van der Waals surface area contributed by atoms with Gasteiger partial charge in [-0.05, 0) is 69.9 Å². The van der Waals surface area contributed by atoms with Gasteiger partial charge in [-0.25, -0.2) is 4.79 Å². The average Bonchev–Trinajstić information content (AvgIpc) is 3.13. The maximum absolute atomic E-state index is 12.5. The molecule has 0 aliphatic rings. The molecule has 0 atom stereocenters. The quantitative estimate of drug-likeness (QED) is 0.380. The zero-order chi connectivity index (χ0) is 23.1. The molecule has 3 aromatic rings. The number of anilines is 2. The van der Waals surface area contributed by atoms with E-state index in [1.54, 1.807) is 36.5 Å². The van der Waals surface area contributed by atoms with Crippen molar-refractivity contribution in [3.05, 3.63) is 58.7 Å². The number of amides is 2. The molecule has 9 heteroatoms. The van der Waals surface area contributed by atoms with Crippen molar-refractivity contribution in [2.24, 2.45) is 0 Å². The molecule has 1 aromatic heterocycles. The molecule has 2 N–H and O–H groups in total. The minimum absolute atomic E-state index is 0.368. The van der Waals surface area contributed by atoms with Gasteiger partial charge in [-0.3, -0.25) is 4.68 Å². The molecule has 7 nitrogen and oxygen atoms in total. The van der Waals surface area contributed by atoms with Crippen molar-refractivity contribution in [3.8, 4) is 17.0 Å². The van der Waals surface area contributed by atoms with Gasteiger partial charge in [0, 0.05) is 35.1 Å². The van der Waals surface area contributed by atoms with Gasteiger partial charge < -0.3 is 20.3 Å². The summed E-state index contributed by atoms with van der Waals surface area (Å²) in [5.74, 6) is 0.685. The molecule has 32 heavy (non-hydrogen) atoms. The minimum atomic E-state index is -0.368. The van der Waals surface area contributed by atoms with E-state index >= 15 is 0 Å². The lowest BCUT2D eigenvalue weighted by atomic mass is 10.1. The summed E-state index contributed by atoms with van der Waals surface area (Å²) in [6.45, 7) is 4.13. The third kappa shape index (κ3) is 6.38. The summed E-state index contributed by atoms with van der Waals surface area (Å²) in [7, 11) is 4.06. The molecule has 0 radical (unpaired) electrons. The van der Waals surface area contributed by atoms with Crippen molar-refractivity contribution < 1.29 is 9.53 Å². The second-order valence-corrected chi connectivity index (χ2v) is 8.30. The molecule has 2 aromatic carbocycles. The monoisotopic (exact) mass is 475 g/mol. The lowest BCUT2D eigenvalue weighted by Crippen LogP contribution is -2.19. The van der Waals surface area contributed by atoms with Gasteiger partial charge in [0.25, 0.3) is 0 Å². The highest BCUT2D eigenvalue weighted by Crippen LogP contribution is 2.37. The fourth-order valence-corrected chi connectivity index (χ4v) is 3.55. The van der Waals surface area contributed by atoms with Gasteiger partial charge in [0.15, 0.2) is 0 Å². The van der Waals surface area contributed by atoms with Crippen LogP contribution in [0.4, 0.5) is 16.2 Å². The third-order valence-corrected chi connectivity index (χ3v) is 5.22. The Balaban J connectivity index is 1.82. The van der Waals surface area contributed by atoms with Crippen LogP contribution in [0.2, 0.25) is 10.0 Å².